The molecular weight excluding hydrogens is 274 g/mol. The summed E-state index contributed by atoms with van der Waals surface area (Å²) in [5.41, 5.74) is 1.39. The predicted molar refractivity (Wildman–Crippen MR) is 79.1 cm³/mol. The van der Waals surface area contributed by atoms with Crippen LogP contribution in [0, 0.1) is 6.92 Å². The average molecular weight is 291 g/mol. The number of thiazole rings is 1. The fourth-order valence-corrected chi connectivity index (χ4v) is 2.47. The van der Waals surface area contributed by atoms with Gasteiger partial charge in [0.2, 0.25) is 0 Å². The van der Waals surface area contributed by atoms with Crippen LogP contribution in [0.15, 0.2) is 17.5 Å². The molecule has 1 amide bonds. The molecule has 0 aliphatic heterocycles. The third-order valence-corrected chi connectivity index (χ3v) is 3.69. The highest BCUT2D eigenvalue weighted by molar-refractivity contribution is 7.09. The molecule has 0 spiro atoms. The molecule has 2 rings (SSSR count). The Morgan fingerprint density at radius 1 is 1.35 bits per heavy atom. The minimum Gasteiger partial charge on any atom is -0.369 e. The molecule has 2 aromatic heterocycles. The maximum absolute atomic E-state index is 11.3. The number of aryl methyl sites for hydroxylation is 2. The van der Waals surface area contributed by atoms with E-state index in [4.69, 9.17) is 0 Å². The number of amides is 1. The zero-order valence-electron chi connectivity index (χ0n) is 11.5. The lowest BCUT2D eigenvalue weighted by Gasteiger charge is -2.04. The molecule has 2 aromatic rings. The van der Waals surface area contributed by atoms with Gasteiger partial charge in [-0.2, -0.15) is 0 Å². The van der Waals surface area contributed by atoms with Crippen LogP contribution in [0.1, 0.15) is 27.6 Å². The fourth-order valence-electron chi connectivity index (χ4n) is 1.65. The molecule has 0 saturated heterocycles. The van der Waals surface area contributed by atoms with Crippen LogP contribution in [0.4, 0.5) is 5.82 Å². The van der Waals surface area contributed by atoms with Gasteiger partial charge in [-0.05, 0) is 25.5 Å². The third-order valence-electron chi connectivity index (χ3n) is 2.66. The lowest BCUT2D eigenvalue weighted by Crippen LogP contribution is -2.19. The summed E-state index contributed by atoms with van der Waals surface area (Å²) in [6.45, 7) is 2.80. The van der Waals surface area contributed by atoms with Gasteiger partial charge in [0.1, 0.15) is 5.82 Å². The van der Waals surface area contributed by atoms with E-state index in [2.05, 4.69) is 31.2 Å². The lowest BCUT2D eigenvalue weighted by atomic mass is 10.3. The molecule has 0 aliphatic carbocycles. The molecular formula is C13H17N5OS. The molecule has 7 heteroatoms. The highest BCUT2D eigenvalue weighted by atomic mass is 32.1. The van der Waals surface area contributed by atoms with E-state index in [1.165, 1.54) is 0 Å². The first-order chi connectivity index (χ1) is 9.69. The summed E-state index contributed by atoms with van der Waals surface area (Å²) < 4.78 is 0. The van der Waals surface area contributed by atoms with Crippen LogP contribution >= 0.6 is 11.3 Å². The Morgan fingerprint density at radius 3 is 2.80 bits per heavy atom. The number of hydrogen-bond acceptors (Lipinski definition) is 6. The summed E-state index contributed by atoms with van der Waals surface area (Å²) in [6, 6.07) is 3.41. The van der Waals surface area contributed by atoms with Crippen molar-refractivity contribution < 1.29 is 4.79 Å². The van der Waals surface area contributed by atoms with E-state index < -0.39 is 0 Å². The second-order valence-corrected chi connectivity index (χ2v) is 5.24. The molecule has 6 nitrogen and oxygen atoms in total. The molecule has 0 unspecified atom stereocenters. The first kappa shape index (κ1) is 14.4. The highest BCUT2D eigenvalue weighted by Gasteiger charge is 2.05. The van der Waals surface area contributed by atoms with Crippen LogP contribution in [0.25, 0.3) is 0 Å². The molecule has 0 aromatic carbocycles. The van der Waals surface area contributed by atoms with Gasteiger partial charge in [-0.15, -0.1) is 21.5 Å². The molecule has 0 radical (unpaired) electrons. The first-order valence-corrected chi connectivity index (χ1v) is 7.27. The topological polar surface area (TPSA) is 79.8 Å². The summed E-state index contributed by atoms with van der Waals surface area (Å²) in [7, 11) is 1.57. The minimum absolute atomic E-state index is 0.233. The van der Waals surface area contributed by atoms with E-state index in [0.717, 1.165) is 30.1 Å². The number of rotatable bonds is 6. The average Bonchev–Trinajstić information content (AvgIpc) is 2.89. The Kier molecular flexibility index (Phi) is 5.00. The van der Waals surface area contributed by atoms with Crippen LogP contribution in [-0.2, 0) is 6.42 Å². The summed E-state index contributed by atoms with van der Waals surface area (Å²) in [4.78, 5) is 15.7. The number of nitrogens with one attached hydrogen (secondary N) is 2. The van der Waals surface area contributed by atoms with Crippen molar-refractivity contribution in [2.24, 2.45) is 0 Å². The first-order valence-electron chi connectivity index (χ1n) is 6.39. The highest BCUT2D eigenvalue weighted by Crippen LogP contribution is 2.11. The van der Waals surface area contributed by atoms with Crippen molar-refractivity contribution in [3.8, 4) is 0 Å². The van der Waals surface area contributed by atoms with Crippen molar-refractivity contribution in [2.75, 3.05) is 18.9 Å². The van der Waals surface area contributed by atoms with Gasteiger partial charge in [-0.3, -0.25) is 4.79 Å². The smallest absolute Gasteiger partial charge is 0.271 e. The molecule has 106 valence electrons. The second-order valence-electron chi connectivity index (χ2n) is 4.30. The maximum Gasteiger partial charge on any atom is 0.271 e. The van der Waals surface area contributed by atoms with Gasteiger partial charge in [0, 0.05) is 31.1 Å². The molecule has 0 bridgehead atoms. The number of carbonyl (C=O) groups is 1. The van der Waals surface area contributed by atoms with E-state index >= 15 is 0 Å². The molecule has 0 atom stereocenters. The lowest BCUT2D eigenvalue weighted by molar-refractivity contribution is 0.0957. The Labute approximate surface area is 121 Å². The van der Waals surface area contributed by atoms with E-state index in [0.29, 0.717) is 11.5 Å². The summed E-state index contributed by atoms with van der Waals surface area (Å²) in [5.74, 6) is 0.441. The number of carbonyl (C=O) groups excluding carboxylic acids is 1. The van der Waals surface area contributed by atoms with Crippen molar-refractivity contribution in [3.63, 3.8) is 0 Å². The van der Waals surface area contributed by atoms with Gasteiger partial charge >= 0.3 is 0 Å². The van der Waals surface area contributed by atoms with Gasteiger partial charge < -0.3 is 10.6 Å². The number of hydrogen-bond donors (Lipinski definition) is 2. The van der Waals surface area contributed by atoms with E-state index in [1.54, 1.807) is 30.5 Å². The van der Waals surface area contributed by atoms with Crippen LogP contribution in [-0.4, -0.2) is 34.7 Å². The zero-order chi connectivity index (χ0) is 14.4. The Bertz CT molecular complexity index is 566. The third kappa shape index (κ3) is 3.99. The normalized spacial score (nSPS) is 10.3. The zero-order valence-corrected chi connectivity index (χ0v) is 12.3. The van der Waals surface area contributed by atoms with Gasteiger partial charge in [-0.1, -0.05) is 0 Å². The molecule has 20 heavy (non-hydrogen) atoms. The van der Waals surface area contributed by atoms with Gasteiger partial charge in [0.25, 0.3) is 5.91 Å². The molecule has 0 aliphatic rings. The summed E-state index contributed by atoms with van der Waals surface area (Å²) >= 11 is 1.69. The number of aromatic nitrogens is 3. The van der Waals surface area contributed by atoms with E-state index in [-0.39, 0.29) is 5.91 Å². The van der Waals surface area contributed by atoms with Crippen molar-refractivity contribution in [2.45, 2.75) is 19.8 Å². The summed E-state index contributed by atoms with van der Waals surface area (Å²) in [6.07, 6.45) is 1.93. The van der Waals surface area contributed by atoms with Crippen LogP contribution in [0.2, 0.25) is 0 Å². The molecule has 2 heterocycles. The monoisotopic (exact) mass is 291 g/mol. The number of nitrogens with zero attached hydrogens (tertiary/aromatic N) is 3. The van der Waals surface area contributed by atoms with E-state index in [9.17, 15) is 4.79 Å². The maximum atomic E-state index is 11.3. The second kappa shape index (κ2) is 6.95. The Morgan fingerprint density at radius 2 is 2.20 bits per heavy atom. The van der Waals surface area contributed by atoms with Crippen LogP contribution < -0.4 is 10.6 Å². The van der Waals surface area contributed by atoms with Gasteiger partial charge in [0.15, 0.2) is 5.69 Å². The standard InChI is InChI=1S/C13H17N5OS/c1-9-8-20-12(16-9)4-3-7-15-11-6-5-10(17-18-11)13(19)14-2/h5-6,8H,3-4,7H2,1-2H3,(H,14,19)(H,15,18). The fraction of sp³-hybridized carbons (Fsp3) is 0.385. The Balaban J connectivity index is 1.75. The minimum atomic E-state index is -0.233. The van der Waals surface area contributed by atoms with Gasteiger partial charge in [0.05, 0.1) is 5.01 Å². The molecule has 2 N–H and O–H groups in total. The van der Waals surface area contributed by atoms with Crippen LogP contribution in [0.3, 0.4) is 0 Å². The SMILES string of the molecule is CNC(=O)c1ccc(NCCCc2nc(C)cs2)nn1. The molecule has 0 saturated carbocycles. The molecule has 0 fully saturated rings. The van der Waals surface area contributed by atoms with Crippen molar-refractivity contribution >= 4 is 23.1 Å². The van der Waals surface area contributed by atoms with Crippen molar-refractivity contribution in [3.05, 3.63) is 33.9 Å². The predicted octanol–water partition coefficient (Wildman–Crippen LogP) is 1.65. The van der Waals surface area contributed by atoms with E-state index in [1.807, 2.05) is 6.92 Å². The van der Waals surface area contributed by atoms with Crippen LogP contribution in [0.5, 0.6) is 0 Å². The van der Waals surface area contributed by atoms with Crippen molar-refractivity contribution in [1.29, 1.82) is 0 Å². The largest absolute Gasteiger partial charge is 0.369 e. The van der Waals surface area contributed by atoms with Crippen molar-refractivity contribution in [1.82, 2.24) is 20.5 Å². The quantitative estimate of drug-likeness (QED) is 0.791. The summed E-state index contributed by atoms with van der Waals surface area (Å²) in [5, 5.41) is 16.7. The van der Waals surface area contributed by atoms with Gasteiger partial charge in [-0.25, -0.2) is 4.98 Å². The number of anilines is 1. The Hall–Kier alpha value is -2.02.